The highest BCUT2D eigenvalue weighted by molar-refractivity contribution is 6.32. The summed E-state index contributed by atoms with van der Waals surface area (Å²) in [6.07, 6.45) is 1.83. The highest BCUT2D eigenvalue weighted by Gasteiger charge is 2.16. The summed E-state index contributed by atoms with van der Waals surface area (Å²) in [4.78, 5) is 0. The highest BCUT2D eigenvalue weighted by atomic mass is 35.5. The minimum atomic E-state index is 0.115. The molecule has 18 heavy (non-hydrogen) atoms. The SMILES string of the molecule is CC(C)(CCCO)CNCc1ccc(O)c(Cl)c1. The van der Waals surface area contributed by atoms with Crippen LogP contribution < -0.4 is 5.32 Å². The zero-order valence-electron chi connectivity index (χ0n) is 11.0. The maximum atomic E-state index is 9.32. The second-order valence-electron chi connectivity index (χ2n) is 5.38. The third-order valence-corrected chi connectivity index (χ3v) is 3.26. The number of aliphatic hydroxyl groups is 1. The average molecular weight is 272 g/mol. The molecule has 0 aromatic heterocycles. The normalized spacial score (nSPS) is 11.8. The van der Waals surface area contributed by atoms with Gasteiger partial charge in [-0.1, -0.05) is 31.5 Å². The van der Waals surface area contributed by atoms with Gasteiger partial charge in [0, 0.05) is 19.7 Å². The van der Waals surface area contributed by atoms with Crippen LogP contribution in [0.25, 0.3) is 0 Å². The van der Waals surface area contributed by atoms with Crippen molar-refractivity contribution >= 4 is 11.6 Å². The molecule has 102 valence electrons. The van der Waals surface area contributed by atoms with Crippen LogP contribution in [0.5, 0.6) is 5.75 Å². The summed E-state index contributed by atoms with van der Waals surface area (Å²) in [5.74, 6) is 0.115. The number of benzene rings is 1. The van der Waals surface area contributed by atoms with Gasteiger partial charge in [0.05, 0.1) is 5.02 Å². The second-order valence-corrected chi connectivity index (χ2v) is 5.79. The van der Waals surface area contributed by atoms with E-state index >= 15 is 0 Å². The van der Waals surface area contributed by atoms with Crippen LogP contribution >= 0.6 is 11.6 Å². The van der Waals surface area contributed by atoms with E-state index in [1.165, 1.54) is 0 Å². The lowest BCUT2D eigenvalue weighted by atomic mass is 9.88. The maximum absolute atomic E-state index is 9.32. The van der Waals surface area contributed by atoms with E-state index in [-0.39, 0.29) is 17.8 Å². The molecule has 0 bridgehead atoms. The van der Waals surface area contributed by atoms with Crippen molar-refractivity contribution in [3.63, 3.8) is 0 Å². The Morgan fingerprint density at radius 3 is 2.67 bits per heavy atom. The summed E-state index contributed by atoms with van der Waals surface area (Å²) in [6, 6.07) is 5.23. The molecule has 4 heteroatoms. The van der Waals surface area contributed by atoms with Crippen LogP contribution in [0.2, 0.25) is 5.02 Å². The Hall–Kier alpha value is -0.770. The number of phenols is 1. The van der Waals surface area contributed by atoms with E-state index in [9.17, 15) is 5.11 Å². The molecule has 0 atom stereocenters. The van der Waals surface area contributed by atoms with Gasteiger partial charge in [0.15, 0.2) is 0 Å². The number of hydrogen-bond donors (Lipinski definition) is 3. The number of rotatable bonds is 7. The van der Waals surface area contributed by atoms with Crippen molar-refractivity contribution in [2.24, 2.45) is 5.41 Å². The van der Waals surface area contributed by atoms with Gasteiger partial charge in [-0.15, -0.1) is 0 Å². The van der Waals surface area contributed by atoms with Crippen LogP contribution in [0, 0.1) is 5.41 Å². The van der Waals surface area contributed by atoms with Crippen molar-refractivity contribution in [1.29, 1.82) is 0 Å². The molecule has 0 amide bonds. The van der Waals surface area contributed by atoms with Gasteiger partial charge in [-0.25, -0.2) is 0 Å². The van der Waals surface area contributed by atoms with Gasteiger partial charge in [-0.05, 0) is 36.0 Å². The number of hydrogen-bond acceptors (Lipinski definition) is 3. The number of aliphatic hydroxyl groups excluding tert-OH is 1. The summed E-state index contributed by atoms with van der Waals surface area (Å²) >= 11 is 5.85. The van der Waals surface area contributed by atoms with Gasteiger partial charge < -0.3 is 15.5 Å². The van der Waals surface area contributed by atoms with E-state index in [2.05, 4.69) is 19.2 Å². The van der Waals surface area contributed by atoms with Gasteiger partial charge in [-0.2, -0.15) is 0 Å². The molecular weight excluding hydrogens is 250 g/mol. The molecule has 0 saturated carbocycles. The van der Waals surface area contributed by atoms with Crippen molar-refractivity contribution in [3.8, 4) is 5.75 Å². The summed E-state index contributed by atoms with van der Waals surface area (Å²) < 4.78 is 0. The Morgan fingerprint density at radius 1 is 1.33 bits per heavy atom. The standard InChI is InChI=1S/C14H22ClNO2/c1-14(2,6-3-7-17)10-16-9-11-4-5-13(18)12(15)8-11/h4-5,8,16-18H,3,6-7,9-10H2,1-2H3. The van der Waals surface area contributed by atoms with E-state index in [0.717, 1.165) is 31.5 Å². The van der Waals surface area contributed by atoms with Crippen molar-refractivity contribution in [2.75, 3.05) is 13.2 Å². The van der Waals surface area contributed by atoms with Gasteiger partial charge in [0.2, 0.25) is 0 Å². The Labute approximate surface area is 114 Å². The smallest absolute Gasteiger partial charge is 0.134 e. The molecule has 1 aromatic rings. The monoisotopic (exact) mass is 271 g/mol. The number of aromatic hydroxyl groups is 1. The van der Waals surface area contributed by atoms with Crippen LogP contribution in [0.1, 0.15) is 32.3 Å². The molecule has 0 aliphatic rings. The van der Waals surface area contributed by atoms with Crippen LogP contribution in [-0.2, 0) is 6.54 Å². The zero-order valence-corrected chi connectivity index (χ0v) is 11.8. The zero-order chi connectivity index (χ0) is 13.6. The molecule has 3 N–H and O–H groups in total. The van der Waals surface area contributed by atoms with E-state index < -0.39 is 0 Å². The minimum absolute atomic E-state index is 0.115. The first-order valence-corrected chi connectivity index (χ1v) is 6.61. The van der Waals surface area contributed by atoms with Crippen molar-refractivity contribution in [3.05, 3.63) is 28.8 Å². The van der Waals surface area contributed by atoms with E-state index in [4.69, 9.17) is 16.7 Å². The molecule has 0 heterocycles. The summed E-state index contributed by atoms with van der Waals surface area (Å²) in [5.41, 5.74) is 1.22. The molecule has 0 unspecified atom stereocenters. The topological polar surface area (TPSA) is 52.5 Å². The molecule has 0 spiro atoms. The fourth-order valence-corrected chi connectivity index (χ4v) is 2.05. The third kappa shape index (κ3) is 5.25. The molecule has 0 radical (unpaired) electrons. The largest absolute Gasteiger partial charge is 0.506 e. The summed E-state index contributed by atoms with van der Waals surface area (Å²) in [6.45, 7) is 6.21. The van der Waals surface area contributed by atoms with Crippen molar-refractivity contribution in [1.82, 2.24) is 5.32 Å². The van der Waals surface area contributed by atoms with Gasteiger partial charge in [0.1, 0.15) is 5.75 Å². The van der Waals surface area contributed by atoms with Crippen LogP contribution in [0.3, 0.4) is 0 Å². The Kier molecular flexibility index (Phi) is 5.93. The maximum Gasteiger partial charge on any atom is 0.134 e. The average Bonchev–Trinajstić information content (AvgIpc) is 2.31. The molecule has 0 aliphatic carbocycles. The lowest BCUT2D eigenvalue weighted by molar-refractivity contribution is 0.236. The first kappa shape index (κ1) is 15.3. The van der Waals surface area contributed by atoms with Crippen LogP contribution in [-0.4, -0.2) is 23.4 Å². The lowest BCUT2D eigenvalue weighted by Gasteiger charge is -2.24. The number of halogens is 1. The molecule has 3 nitrogen and oxygen atoms in total. The molecule has 0 fully saturated rings. The second kappa shape index (κ2) is 6.98. The lowest BCUT2D eigenvalue weighted by Crippen LogP contribution is -2.29. The predicted octanol–water partition coefficient (Wildman–Crippen LogP) is 2.93. The van der Waals surface area contributed by atoms with Crippen LogP contribution in [0.15, 0.2) is 18.2 Å². The molecule has 1 rings (SSSR count). The Bertz CT molecular complexity index is 380. The molecule has 1 aromatic carbocycles. The minimum Gasteiger partial charge on any atom is -0.506 e. The summed E-state index contributed by atoms with van der Waals surface area (Å²) in [7, 11) is 0. The molecular formula is C14H22ClNO2. The summed E-state index contributed by atoms with van der Waals surface area (Å²) in [5, 5.41) is 21.9. The number of phenolic OH excluding ortho intramolecular Hbond substituents is 1. The van der Waals surface area contributed by atoms with Gasteiger partial charge in [0.25, 0.3) is 0 Å². The van der Waals surface area contributed by atoms with E-state index in [0.29, 0.717) is 5.02 Å². The van der Waals surface area contributed by atoms with Crippen molar-refractivity contribution < 1.29 is 10.2 Å². The Morgan fingerprint density at radius 2 is 2.06 bits per heavy atom. The fourth-order valence-electron chi connectivity index (χ4n) is 1.85. The fraction of sp³-hybridized carbons (Fsp3) is 0.571. The van der Waals surface area contributed by atoms with Crippen LogP contribution in [0.4, 0.5) is 0 Å². The quantitative estimate of drug-likeness (QED) is 0.715. The molecule has 0 saturated heterocycles. The predicted molar refractivity (Wildman–Crippen MR) is 74.9 cm³/mol. The molecule has 0 aliphatic heterocycles. The van der Waals surface area contributed by atoms with Crippen molar-refractivity contribution in [2.45, 2.75) is 33.2 Å². The van der Waals surface area contributed by atoms with E-state index in [1.54, 1.807) is 12.1 Å². The third-order valence-electron chi connectivity index (χ3n) is 2.96. The van der Waals surface area contributed by atoms with E-state index in [1.807, 2.05) is 6.07 Å². The number of nitrogens with one attached hydrogen (secondary N) is 1. The highest BCUT2D eigenvalue weighted by Crippen LogP contribution is 2.24. The Balaban J connectivity index is 2.39. The first-order chi connectivity index (χ1) is 8.44. The van der Waals surface area contributed by atoms with Gasteiger partial charge in [-0.3, -0.25) is 0 Å². The van der Waals surface area contributed by atoms with Gasteiger partial charge >= 0.3 is 0 Å². The first-order valence-electron chi connectivity index (χ1n) is 6.23.